The number of nitrogens with zero attached hydrogens (tertiary/aromatic N) is 2. The number of phenols is 1. The van der Waals surface area contributed by atoms with Gasteiger partial charge in [0.05, 0.1) is 12.2 Å². The molecule has 2 aromatic carbocycles. The molecule has 1 aliphatic heterocycles. The summed E-state index contributed by atoms with van der Waals surface area (Å²) in [6.07, 6.45) is 3.71. The number of aromatic hydroxyl groups is 1. The zero-order chi connectivity index (χ0) is 18.8. The van der Waals surface area contributed by atoms with Gasteiger partial charge in [0.2, 0.25) is 0 Å². The Morgan fingerprint density at radius 1 is 1.11 bits per heavy atom. The van der Waals surface area contributed by atoms with Crippen molar-refractivity contribution >= 4 is 28.6 Å². The molecule has 0 saturated heterocycles. The van der Waals surface area contributed by atoms with Gasteiger partial charge in [-0.1, -0.05) is 24.4 Å². The highest BCUT2D eigenvalue weighted by Crippen LogP contribution is 2.29. The molecule has 1 aromatic heterocycles. The highest BCUT2D eigenvalue weighted by atomic mass is 32.1. The quantitative estimate of drug-likeness (QED) is 0.409. The normalized spacial score (nSPS) is 15.0. The van der Waals surface area contributed by atoms with Gasteiger partial charge in [0, 0.05) is 18.4 Å². The molecule has 0 spiro atoms. The average Bonchev–Trinajstić information content (AvgIpc) is 3.11. The summed E-state index contributed by atoms with van der Waals surface area (Å²) in [6, 6.07) is 18.4. The molecule has 0 radical (unpaired) electrons. The molecule has 27 heavy (non-hydrogen) atoms. The van der Waals surface area contributed by atoms with Crippen LogP contribution < -0.4 is 10.5 Å². The Morgan fingerprint density at radius 3 is 2.70 bits per heavy atom. The number of fused-ring (bicyclic) bond motifs is 1. The van der Waals surface area contributed by atoms with Gasteiger partial charge in [0.15, 0.2) is 0 Å². The summed E-state index contributed by atoms with van der Waals surface area (Å²) in [4.78, 5) is 2.88. The van der Waals surface area contributed by atoms with Gasteiger partial charge in [-0.15, -0.1) is 0 Å². The van der Waals surface area contributed by atoms with E-state index in [-0.39, 0.29) is 5.75 Å². The summed E-state index contributed by atoms with van der Waals surface area (Å²) in [6.45, 7) is 1.26. The van der Waals surface area contributed by atoms with Crippen LogP contribution in [0, 0.1) is 0 Å². The second-order valence-corrected chi connectivity index (χ2v) is 6.83. The van der Waals surface area contributed by atoms with E-state index in [1.807, 2.05) is 42.6 Å². The van der Waals surface area contributed by atoms with Gasteiger partial charge < -0.3 is 25.0 Å². The van der Waals surface area contributed by atoms with Crippen LogP contribution in [0.15, 0.2) is 73.1 Å². The van der Waals surface area contributed by atoms with Crippen LogP contribution in [0.1, 0.15) is 11.3 Å². The van der Waals surface area contributed by atoms with Gasteiger partial charge >= 0.3 is 0 Å². The smallest absolute Gasteiger partial charge is 0.126 e. The molecule has 3 aromatic rings. The highest BCUT2D eigenvalue weighted by Gasteiger charge is 2.25. The minimum absolute atomic E-state index is 0.200. The molecule has 0 amide bonds. The largest absolute Gasteiger partial charge is 0.508 e. The van der Waals surface area contributed by atoms with E-state index >= 15 is 0 Å². The molecule has 2 heterocycles. The van der Waals surface area contributed by atoms with Crippen molar-refractivity contribution in [3.05, 3.63) is 84.4 Å². The second-order valence-electron chi connectivity index (χ2n) is 6.36. The van der Waals surface area contributed by atoms with Gasteiger partial charge in [-0.2, -0.15) is 0 Å². The molecule has 0 saturated carbocycles. The predicted octanol–water partition coefficient (Wildman–Crippen LogP) is 4.00. The number of rotatable bonds is 4. The van der Waals surface area contributed by atoms with Crippen molar-refractivity contribution in [2.45, 2.75) is 13.1 Å². The van der Waals surface area contributed by atoms with E-state index in [0.717, 1.165) is 27.6 Å². The first kappa shape index (κ1) is 17.2. The monoisotopic (exact) mass is 377 g/mol. The third-order valence-corrected chi connectivity index (χ3v) is 4.77. The highest BCUT2D eigenvalue weighted by molar-refractivity contribution is 7.80. The van der Waals surface area contributed by atoms with Gasteiger partial charge in [0.25, 0.3) is 0 Å². The topological polar surface area (TPSA) is 63.7 Å². The Kier molecular flexibility index (Phi) is 4.56. The van der Waals surface area contributed by atoms with Crippen LogP contribution in [0.25, 0.3) is 5.70 Å². The molecule has 0 unspecified atom stereocenters. The molecule has 0 aliphatic carbocycles. The van der Waals surface area contributed by atoms with Crippen molar-refractivity contribution in [3.8, 4) is 11.5 Å². The summed E-state index contributed by atoms with van der Waals surface area (Å²) in [5, 5.41) is 9.43. The molecular formula is C21H19N3O2S. The number of nitrogens with two attached hydrogens (primary N) is 1. The van der Waals surface area contributed by atoms with Crippen molar-refractivity contribution < 1.29 is 9.84 Å². The first-order chi connectivity index (χ1) is 13.1. The summed E-state index contributed by atoms with van der Waals surface area (Å²) in [5.41, 5.74) is 9.64. The minimum atomic E-state index is 0.200. The van der Waals surface area contributed by atoms with Crippen LogP contribution in [0.4, 0.5) is 5.69 Å². The van der Waals surface area contributed by atoms with Crippen molar-refractivity contribution in [1.29, 1.82) is 0 Å². The van der Waals surface area contributed by atoms with E-state index in [4.69, 9.17) is 22.7 Å². The molecule has 1 aliphatic rings. The lowest BCUT2D eigenvalue weighted by Gasteiger charge is -2.33. The molecule has 6 heteroatoms. The molecule has 0 bridgehead atoms. The van der Waals surface area contributed by atoms with Crippen LogP contribution >= 0.6 is 12.2 Å². The van der Waals surface area contributed by atoms with E-state index < -0.39 is 0 Å². The maximum Gasteiger partial charge on any atom is 0.126 e. The lowest BCUT2D eigenvalue weighted by Crippen LogP contribution is -2.36. The molecule has 3 N–H and O–H groups in total. The fourth-order valence-electron chi connectivity index (χ4n) is 3.11. The van der Waals surface area contributed by atoms with Gasteiger partial charge in [-0.3, -0.25) is 0 Å². The fourth-order valence-corrected chi connectivity index (χ4v) is 3.41. The number of ether oxygens (including phenoxy) is 1. The van der Waals surface area contributed by atoms with E-state index in [1.165, 1.54) is 0 Å². The third kappa shape index (κ3) is 3.66. The Hall–Kier alpha value is -3.25. The number of aromatic nitrogens is 1. The number of benzene rings is 2. The van der Waals surface area contributed by atoms with E-state index in [1.54, 1.807) is 30.5 Å². The zero-order valence-corrected chi connectivity index (χ0v) is 15.4. The van der Waals surface area contributed by atoms with Crippen molar-refractivity contribution in [3.63, 3.8) is 0 Å². The summed E-state index contributed by atoms with van der Waals surface area (Å²) < 4.78 is 7.96. The first-order valence-electron chi connectivity index (χ1n) is 8.56. The lowest BCUT2D eigenvalue weighted by atomic mass is 10.1. The van der Waals surface area contributed by atoms with Crippen molar-refractivity contribution in [2.24, 2.45) is 0 Å². The van der Waals surface area contributed by atoms with Gasteiger partial charge in [-0.05, 0) is 54.1 Å². The van der Waals surface area contributed by atoms with Gasteiger partial charge in [0.1, 0.15) is 28.4 Å². The second kappa shape index (κ2) is 7.17. The van der Waals surface area contributed by atoms with Crippen LogP contribution in [0.3, 0.4) is 0 Å². The van der Waals surface area contributed by atoms with Crippen molar-refractivity contribution in [1.82, 2.24) is 9.47 Å². The number of anilines is 1. The van der Waals surface area contributed by atoms with Gasteiger partial charge in [-0.25, -0.2) is 0 Å². The number of hydrogen-bond acceptors (Lipinski definition) is 4. The molecule has 0 fully saturated rings. The summed E-state index contributed by atoms with van der Waals surface area (Å²) >= 11 is 5.67. The lowest BCUT2D eigenvalue weighted by molar-refractivity contribution is 0.451. The van der Waals surface area contributed by atoms with Crippen LogP contribution in [-0.2, 0) is 13.1 Å². The van der Waals surface area contributed by atoms with Crippen LogP contribution in [0.2, 0.25) is 0 Å². The predicted molar refractivity (Wildman–Crippen MR) is 110 cm³/mol. The Labute approximate surface area is 162 Å². The molecule has 0 atom stereocenters. The average molecular weight is 377 g/mol. The maximum absolute atomic E-state index is 9.43. The van der Waals surface area contributed by atoms with Crippen LogP contribution in [-0.4, -0.2) is 19.6 Å². The first-order valence-corrected chi connectivity index (χ1v) is 8.97. The van der Waals surface area contributed by atoms with E-state index in [9.17, 15) is 5.11 Å². The number of hydrogen-bond donors (Lipinski definition) is 2. The SMILES string of the molecule is Nc1cccc(CN2C(=S)Cn3cccc3/C2=C\Oc2ccc(O)cc2)c1. The fraction of sp³-hybridized carbons (Fsp3) is 0.0952. The third-order valence-electron chi connectivity index (χ3n) is 4.42. The summed E-state index contributed by atoms with van der Waals surface area (Å²) in [7, 11) is 0. The molecular weight excluding hydrogens is 358 g/mol. The molecule has 136 valence electrons. The van der Waals surface area contributed by atoms with E-state index in [2.05, 4.69) is 9.47 Å². The van der Waals surface area contributed by atoms with Crippen LogP contribution in [0.5, 0.6) is 11.5 Å². The minimum Gasteiger partial charge on any atom is -0.508 e. The Bertz CT molecular complexity index is 1010. The maximum atomic E-state index is 9.43. The standard InChI is InChI=1S/C21H19N3O2S/c22-16-4-1-3-15(11-16)12-24-20(14-26-18-8-6-17(25)7-9-18)19-5-2-10-23(19)13-21(24)27/h1-11,14,25H,12-13,22H2/b20-14+. The molecule has 4 rings (SSSR count). The number of nitrogen functional groups attached to an aromatic ring is 1. The Morgan fingerprint density at radius 2 is 1.93 bits per heavy atom. The zero-order valence-electron chi connectivity index (χ0n) is 14.6. The number of thiocarbonyl (C=S) groups is 1. The summed E-state index contributed by atoms with van der Waals surface area (Å²) in [5.74, 6) is 0.838. The van der Waals surface area contributed by atoms with E-state index in [0.29, 0.717) is 18.8 Å². The number of phenolic OH excluding ortho intramolecular Hbond substituents is 1. The van der Waals surface area contributed by atoms with Crippen molar-refractivity contribution in [2.75, 3.05) is 5.73 Å². The molecule has 5 nitrogen and oxygen atoms in total. The Balaban J connectivity index is 1.68.